The van der Waals surface area contributed by atoms with Gasteiger partial charge in [-0.1, -0.05) is 0 Å². The molecular weight excluding hydrogens is 304 g/mol. The van der Waals surface area contributed by atoms with E-state index in [1.165, 1.54) is 0 Å². The van der Waals surface area contributed by atoms with Crippen LogP contribution in [0.25, 0.3) is 0 Å². The summed E-state index contributed by atoms with van der Waals surface area (Å²) in [6.45, 7) is -0.853. The minimum Gasteiger partial charge on any atom is -0.480 e. The van der Waals surface area contributed by atoms with Crippen LogP contribution in [0, 0.1) is 0 Å². The van der Waals surface area contributed by atoms with Crippen molar-refractivity contribution < 1.29 is 29.4 Å². The molecule has 0 spiro atoms. The van der Waals surface area contributed by atoms with Crippen molar-refractivity contribution in [3.05, 3.63) is 0 Å². The molecule has 0 saturated carbocycles. The van der Waals surface area contributed by atoms with Crippen LogP contribution in [0.4, 0.5) is 0 Å². The third kappa shape index (κ3) is 6.92. The summed E-state index contributed by atoms with van der Waals surface area (Å²) in [6.07, 6.45) is -0.547. The van der Waals surface area contributed by atoms with Crippen LogP contribution in [0.15, 0.2) is 0 Å². The summed E-state index contributed by atoms with van der Waals surface area (Å²) in [7, 11) is 0. The topological polar surface area (TPSA) is 185 Å². The van der Waals surface area contributed by atoms with E-state index < -0.39 is 54.8 Å². The number of hydrogen-bond donors (Lipinski definition) is 7. The molecule has 0 aromatic carbocycles. The van der Waals surface area contributed by atoms with E-state index in [9.17, 15) is 19.2 Å². The summed E-state index contributed by atoms with van der Waals surface area (Å²) in [4.78, 5) is 45.0. The Balaban J connectivity index is 4.88. The molecule has 0 aliphatic heterocycles. The normalized spacial score (nSPS) is 14.6. The molecule has 3 amide bonds. The summed E-state index contributed by atoms with van der Waals surface area (Å²) >= 11 is 3.81. The molecule has 3 atom stereocenters. The molecule has 8 N–H and O–H groups in total. The second-order valence-corrected chi connectivity index (χ2v) is 4.47. The van der Waals surface area contributed by atoms with Crippen LogP contribution in [0.2, 0.25) is 0 Å². The van der Waals surface area contributed by atoms with Crippen LogP contribution in [-0.2, 0) is 19.2 Å². The quantitative estimate of drug-likeness (QED) is 0.212. The highest BCUT2D eigenvalue weighted by Gasteiger charge is 2.28. The minimum absolute atomic E-state index is 0.00509. The Bertz CT molecular complexity index is 418. The fourth-order valence-electron chi connectivity index (χ4n) is 1.23. The van der Waals surface area contributed by atoms with Gasteiger partial charge in [-0.15, -0.1) is 0 Å². The first-order valence-electron chi connectivity index (χ1n) is 5.82. The minimum atomic E-state index is -1.57. The molecule has 10 nitrogen and oxygen atoms in total. The zero-order valence-electron chi connectivity index (χ0n) is 11.0. The Morgan fingerprint density at radius 1 is 1.10 bits per heavy atom. The first-order valence-corrected chi connectivity index (χ1v) is 6.45. The molecule has 0 aliphatic rings. The first-order chi connectivity index (χ1) is 9.72. The van der Waals surface area contributed by atoms with Gasteiger partial charge in [0.05, 0.1) is 19.1 Å². The predicted octanol–water partition coefficient (Wildman–Crippen LogP) is -3.83. The lowest BCUT2D eigenvalue weighted by atomic mass is 10.1. The summed E-state index contributed by atoms with van der Waals surface area (Å²) < 4.78 is 0. The van der Waals surface area contributed by atoms with Crippen LogP contribution < -0.4 is 22.1 Å². The fraction of sp³-hybridized carbons (Fsp3) is 0.600. The number of primary amides is 1. The number of nitrogens with two attached hydrogens (primary N) is 2. The summed E-state index contributed by atoms with van der Waals surface area (Å²) in [6, 6.07) is -3.97. The van der Waals surface area contributed by atoms with E-state index in [4.69, 9.17) is 21.7 Å². The number of carboxylic acid groups (broad SMARTS) is 1. The Labute approximate surface area is 125 Å². The lowest BCUT2D eigenvalue weighted by molar-refractivity contribution is -0.143. The van der Waals surface area contributed by atoms with Crippen LogP contribution in [0.3, 0.4) is 0 Å². The molecule has 0 aliphatic carbocycles. The van der Waals surface area contributed by atoms with Crippen molar-refractivity contribution in [3.8, 4) is 0 Å². The number of carbonyl (C=O) groups excluding carboxylic acids is 3. The van der Waals surface area contributed by atoms with Crippen LogP contribution in [-0.4, -0.2) is 64.4 Å². The highest BCUT2D eigenvalue weighted by Crippen LogP contribution is 1.96. The lowest BCUT2D eigenvalue weighted by Crippen LogP contribution is -2.56. The van der Waals surface area contributed by atoms with E-state index in [1.807, 2.05) is 5.32 Å². The standard InChI is InChI=1S/C10H18N4O6S/c11-4(3-21)8(17)13-5(1-7(12)16)9(18)14-6(2-15)10(19)20/h4-6,15,21H,1-3,11H2,(H2,12,16)(H,13,17)(H,14,18)(H,19,20). The van der Waals surface area contributed by atoms with E-state index in [0.29, 0.717) is 0 Å². The van der Waals surface area contributed by atoms with Gasteiger partial charge in [-0.05, 0) is 0 Å². The van der Waals surface area contributed by atoms with Gasteiger partial charge in [0.15, 0.2) is 0 Å². The van der Waals surface area contributed by atoms with E-state index >= 15 is 0 Å². The van der Waals surface area contributed by atoms with E-state index in [0.717, 1.165) is 0 Å². The highest BCUT2D eigenvalue weighted by molar-refractivity contribution is 7.80. The zero-order valence-corrected chi connectivity index (χ0v) is 11.9. The fourth-order valence-corrected chi connectivity index (χ4v) is 1.40. The molecular formula is C10H18N4O6S. The van der Waals surface area contributed by atoms with Crippen molar-refractivity contribution in [2.75, 3.05) is 12.4 Å². The van der Waals surface area contributed by atoms with Gasteiger partial charge in [-0.25, -0.2) is 4.79 Å². The number of aliphatic carboxylic acids is 1. The van der Waals surface area contributed by atoms with Gasteiger partial charge >= 0.3 is 5.97 Å². The maximum atomic E-state index is 11.8. The monoisotopic (exact) mass is 322 g/mol. The van der Waals surface area contributed by atoms with Gasteiger partial charge in [0, 0.05) is 5.75 Å². The molecule has 0 saturated heterocycles. The van der Waals surface area contributed by atoms with Crippen molar-refractivity contribution in [2.24, 2.45) is 11.5 Å². The van der Waals surface area contributed by atoms with Gasteiger partial charge in [-0.3, -0.25) is 14.4 Å². The highest BCUT2D eigenvalue weighted by atomic mass is 32.1. The first kappa shape index (κ1) is 19.1. The second-order valence-electron chi connectivity index (χ2n) is 4.10. The molecule has 0 rings (SSSR count). The predicted molar refractivity (Wildman–Crippen MR) is 74.2 cm³/mol. The lowest BCUT2D eigenvalue weighted by Gasteiger charge is -2.20. The van der Waals surface area contributed by atoms with Crippen LogP contribution in [0.1, 0.15) is 6.42 Å². The number of carbonyl (C=O) groups is 4. The number of amides is 3. The summed E-state index contributed by atoms with van der Waals surface area (Å²) in [5, 5.41) is 21.7. The van der Waals surface area contributed by atoms with Crippen molar-refractivity contribution in [1.82, 2.24) is 10.6 Å². The molecule has 0 bridgehead atoms. The van der Waals surface area contributed by atoms with Crippen molar-refractivity contribution in [1.29, 1.82) is 0 Å². The third-order valence-electron chi connectivity index (χ3n) is 2.37. The summed E-state index contributed by atoms with van der Waals surface area (Å²) in [5.41, 5.74) is 10.4. The van der Waals surface area contributed by atoms with Gasteiger partial charge in [0.1, 0.15) is 12.1 Å². The van der Waals surface area contributed by atoms with E-state index in [-0.39, 0.29) is 5.75 Å². The van der Waals surface area contributed by atoms with Crippen LogP contribution in [0.5, 0.6) is 0 Å². The molecule has 21 heavy (non-hydrogen) atoms. The van der Waals surface area contributed by atoms with E-state index in [1.54, 1.807) is 0 Å². The largest absolute Gasteiger partial charge is 0.480 e. The molecule has 0 fully saturated rings. The maximum Gasteiger partial charge on any atom is 0.328 e. The molecule has 120 valence electrons. The maximum absolute atomic E-state index is 11.8. The molecule has 0 heterocycles. The molecule has 0 aromatic rings. The molecule has 0 radical (unpaired) electrons. The number of aliphatic hydroxyl groups excluding tert-OH is 1. The molecule has 3 unspecified atom stereocenters. The molecule has 11 heteroatoms. The van der Waals surface area contributed by atoms with E-state index in [2.05, 4.69) is 17.9 Å². The Hall–Kier alpha value is -1.85. The zero-order chi connectivity index (χ0) is 16.6. The van der Waals surface area contributed by atoms with Gasteiger partial charge in [0.2, 0.25) is 17.7 Å². The Morgan fingerprint density at radius 2 is 1.62 bits per heavy atom. The Kier molecular flexibility index (Phi) is 8.35. The second kappa shape index (κ2) is 9.15. The summed E-state index contributed by atoms with van der Waals surface area (Å²) in [5.74, 6) is -4.07. The van der Waals surface area contributed by atoms with Gasteiger partial charge in [0.25, 0.3) is 0 Å². The Morgan fingerprint density at radius 3 is 2.00 bits per heavy atom. The van der Waals surface area contributed by atoms with Crippen molar-refractivity contribution >= 4 is 36.3 Å². The van der Waals surface area contributed by atoms with Gasteiger partial charge < -0.3 is 32.3 Å². The average molecular weight is 322 g/mol. The van der Waals surface area contributed by atoms with Gasteiger partial charge in [-0.2, -0.15) is 12.6 Å². The number of carboxylic acids is 1. The number of hydrogen-bond acceptors (Lipinski definition) is 7. The number of nitrogens with one attached hydrogen (secondary N) is 2. The van der Waals surface area contributed by atoms with Crippen molar-refractivity contribution in [3.63, 3.8) is 0 Å². The van der Waals surface area contributed by atoms with Crippen molar-refractivity contribution in [2.45, 2.75) is 24.5 Å². The number of thiol groups is 1. The third-order valence-corrected chi connectivity index (χ3v) is 2.76. The SMILES string of the molecule is NC(=O)CC(NC(=O)C(N)CS)C(=O)NC(CO)C(=O)O. The smallest absolute Gasteiger partial charge is 0.328 e. The average Bonchev–Trinajstić information content (AvgIpc) is 2.41. The molecule has 0 aromatic heterocycles. The van der Waals surface area contributed by atoms with Crippen LogP contribution >= 0.6 is 12.6 Å². The number of aliphatic hydroxyl groups is 1. The number of rotatable bonds is 9.